The summed E-state index contributed by atoms with van der Waals surface area (Å²) in [6.07, 6.45) is 1.87. The van der Waals surface area contributed by atoms with Crippen molar-refractivity contribution in [3.05, 3.63) is 58.2 Å². The molecule has 1 aromatic carbocycles. The highest BCUT2D eigenvalue weighted by Crippen LogP contribution is 2.18. The molecular formula is C17H21ClN2O. The van der Waals surface area contributed by atoms with Crippen LogP contribution in [0.2, 0.25) is 5.02 Å². The van der Waals surface area contributed by atoms with Crippen LogP contribution in [0.3, 0.4) is 0 Å². The minimum Gasteiger partial charge on any atom is -0.475 e. The minimum atomic E-state index is 0.120. The van der Waals surface area contributed by atoms with Gasteiger partial charge in [-0.3, -0.25) is 0 Å². The highest BCUT2D eigenvalue weighted by molar-refractivity contribution is 6.31. The summed E-state index contributed by atoms with van der Waals surface area (Å²) in [6, 6.07) is 10.1. The molecule has 1 N–H and O–H groups in total. The van der Waals surface area contributed by atoms with Gasteiger partial charge in [0.2, 0.25) is 5.88 Å². The van der Waals surface area contributed by atoms with Gasteiger partial charge in [0.1, 0.15) is 0 Å². The van der Waals surface area contributed by atoms with E-state index >= 15 is 0 Å². The number of hydrogen-bond donors (Lipinski definition) is 1. The number of nitrogens with zero attached hydrogens (tertiary/aromatic N) is 1. The lowest BCUT2D eigenvalue weighted by Gasteiger charge is -2.13. The van der Waals surface area contributed by atoms with E-state index in [1.54, 1.807) is 6.20 Å². The summed E-state index contributed by atoms with van der Waals surface area (Å²) in [7, 11) is 0. The molecule has 0 saturated heterocycles. The Kier molecular flexibility index (Phi) is 5.59. The number of rotatable bonds is 6. The van der Waals surface area contributed by atoms with E-state index < -0.39 is 0 Å². The van der Waals surface area contributed by atoms with E-state index in [0.29, 0.717) is 12.4 Å². The maximum Gasteiger partial charge on any atom is 0.218 e. The average molecular weight is 305 g/mol. The quantitative estimate of drug-likeness (QED) is 0.871. The second-order valence-electron chi connectivity index (χ2n) is 5.32. The van der Waals surface area contributed by atoms with Crippen molar-refractivity contribution >= 4 is 11.6 Å². The monoisotopic (exact) mass is 304 g/mol. The van der Waals surface area contributed by atoms with Crippen molar-refractivity contribution in [2.75, 3.05) is 0 Å². The van der Waals surface area contributed by atoms with Crippen LogP contribution in [-0.4, -0.2) is 11.1 Å². The van der Waals surface area contributed by atoms with Crippen LogP contribution >= 0.6 is 11.6 Å². The van der Waals surface area contributed by atoms with E-state index in [9.17, 15) is 0 Å². The van der Waals surface area contributed by atoms with Gasteiger partial charge < -0.3 is 10.1 Å². The molecule has 3 nitrogen and oxygen atoms in total. The van der Waals surface area contributed by atoms with E-state index in [4.69, 9.17) is 16.3 Å². The standard InChI is InChI=1S/C17H21ClN2O/c1-12(2)21-17-15(5-4-8-20-17)11-19-10-14-7-6-13(3)16(18)9-14/h4-9,12,19H,10-11H2,1-3H3. The molecule has 2 rings (SSSR count). The van der Waals surface area contributed by atoms with Crippen LogP contribution in [0.4, 0.5) is 0 Å². The van der Waals surface area contributed by atoms with E-state index in [-0.39, 0.29) is 6.10 Å². The zero-order valence-electron chi connectivity index (χ0n) is 12.7. The van der Waals surface area contributed by atoms with Gasteiger partial charge in [0.05, 0.1) is 6.10 Å². The fourth-order valence-corrected chi connectivity index (χ4v) is 2.18. The van der Waals surface area contributed by atoms with Crippen LogP contribution in [0.5, 0.6) is 5.88 Å². The van der Waals surface area contributed by atoms with Crippen LogP contribution in [-0.2, 0) is 13.1 Å². The molecule has 0 unspecified atom stereocenters. The molecule has 0 atom stereocenters. The summed E-state index contributed by atoms with van der Waals surface area (Å²) in [5, 5.41) is 4.20. The number of halogens is 1. The Morgan fingerprint density at radius 2 is 2.05 bits per heavy atom. The highest BCUT2D eigenvalue weighted by atomic mass is 35.5. The lowest BCUT2D eigenvalue weighted by Crippen LogP contribution is -2.15. The number of hydrogen-bond acceptors (Lipinski definition) is 3. The molecule has 0 saturated carbocycles. The van der Waals surface area contributed by atoms with Crippen LogP contribution in [0.25, 0.3) is 0 Å². The van der Waals surface area contributed by atoms with E-state index in [2.05, 4.69) is 16.4 Å². The highest BCUT2D eigenvalue weighted by Gasteiger charge is 2.06. The zero-order chi connectivity index (χ0) is 15.2. The summed E-state index contributed by atoms with van der Waals surface area (Å²) >= 11 is 6.13. The van der Waals surface area contributed by atoms with Crippen molar-refractivity contribution in [3.63, 3.8) is 0 Å². The third kappa shape index (κ3) is 4.73. The van der Waals surface area contributed by atoms with E-state index in [1.807, 2.05) is 45.0 Å². The number of aryl methyl sites for hydroxylation is 1. The van der Waals surface area contributed by atoms with Gasteiger partial charge in [-0.2, -0.15) is 0 Å². The van der Waals surface area contributed by atoms with Crippen molar-refractivity contribution in [1.82, 2.24) is 10.3 Å². The second kappa shape index (κ2) is 7.43. The molecule has 0 aliphatic rings. The summed E-state index contributed by atoms with van der Waals surface area (Å²) in [4.78, 5) is 4.29. The van der Waals surface area contributed by atoms with Gasteiger partial charge in [0.15, 0.2) is 0 Å². The van der Waals surface area contributed by atoms with Gasteiger partial charge >= 0.3 is 0 Å². The molecule has 0 bridgehead atoms. The second-order valence-corrected chi connectivity index (χ2v) is 5.73. The molecule has 21 heavy (non-hydrogen) atoms. The van der Waals surface area contributed by atoms with Gasteiger partial charge in [0, 0.05) is 29.9 Å². The molecule has 0 fully saturated rings. The average Bonchev–Trinajstić information content (AvgIpc) is 2.44. The molecular weight excluding hydrogens is 284 g/mol. The number of aromatic nitrogens is 1. The van der Waals surface area contributed by atoms with E-state index in [1.165, 1.54) is 5.56 Å². The summed E-state index contributed by atoms with van der Waals surface area (Å²) in [6.45, 7) is 7.47. The topological polar surface area (TPSA) is 34.2 Å². The van der Waals surface area contributed by atoms with Gasteiger partial charge in [-0.15, -0.1) is 0 Å². The first-order valence-corrected chi connectivity index (χ1v) is 7.50. The van der Waals surface area contributed by atoms with Crippen molar-refractivity contribution < 1.29 is 4.74 Å². The van der Waals surface area contributed by atoms with Crippen LogP contribution in [0.1, 0.15) is 30.5 Å². The summed E-state index contributed by atoms with van der Waals surface area (Å²) in [5.41, 5.74) is 3.32. The van der Waals surface area contributed by atoms with Crippen LogP contribution in [0.15, 0.2) is 36.5 Å². The van der Waals surface area contributed by atoms with Crippen molar-refractivity contribution in [2.24, 2.45) is 0 Å². The fraction of sp³-hybridized carbons (Fsp3) is 0.353. The van der Waals surface area contributed by atoms with Crippen LogP contribution in [0, 0.1) is 6.92 Å². The van der Waals surface area contributed by atoms with Crippen LogP contribution < -0.4 is 10.1 Å². The molecule has 0 aliphatic carbocycles. The maximum atomic E-state index is 6.13. The smallest absolute Gasteiger partial charge is 0.218 e. The first-order valence-electron chi connectivity index (χ1n) is 7.12. The number of pyridine rings is 1. The fourth-order valence-electron chi connectivity index (χ4n) is 1.98. The molecule has 2 aromatic rings. The molecule has 0 aliphatic heterocycles. The van der Waals surface area contributed by atoms with Crippen molar-refractivity contribution in [2.45, 2.75) is 40.0 Å². The van der Waals surface area contributed by atoms with Crippen molar-refractivity contribution in [3.8, 4) is 5.88 Å². The maximum absolute atomic E-state index is 6.13. The largest absolute Gasteiger partial charge is 0.475 e. The molecule has 1 aromatic heterocycles. The third-order valence-corrected chi connectivity index (χ3v) is 3.49. The Labute approximate surface area is 131 Å². The van der Waals surface area contributed by atoms with Gasteiger partial charge in [0.25, 0.3) is 0 Å². The van der Waals surface area contributed by atoms with Crippen molar-refractivity contribution in [1.29, 1.82) is 0 Å². The number of benzene rings is 1. The number of nitrogens with one attached hydrogen (secondary N) is 1. The summed E-state index contributed by atoms with van der Waals surface area (Å²) < 4.78 is 5.71. The molecule has 0 radical (unpaired) electrons. The normalized spacial score (nSPS) is 10.9. The Morgan fingerprint density at radius 3 is 2.76 bits per heavy atom. The Morgan fingerprint density at radius 1 is 1.24 bits per heavy atom. The van der Waals surface area contributed by atoms with Gasteiger partial charge in [-0.05, 0) is 44.0 Å². The molecule has 0 amide bonds. The van der Waals surface area contributed by atoms with Gasteiger partial charge in [-0.1, -0.05) is 29.8 Å². The molecule has 1 heterocycles. The zero-order valence-corrected chi connectivity index (χ0v) is 13.4. The lowest BCUT2D eigenvalue weighted by atomic mass is 10.1. The lowest BCUT2D eigenvalue weighted by molar-refractivity contribution is 0.229. The first kappa shape index (κ1) is 15.8. The first-order chi connectivity index (χ1) is 10.1. The van der Waals surface area contributed by atoms with E-state index in [0.717, 1.165) is 22.7 Å². The summed E-state index contributed by atoms with van der Waals surface area (Å²) in [5.74, 6) is 0.696. The Balaban J connectivity index is 1.95. The predicted octanol–water partition coefficient (Wildman–Crippen LogP) is 4.12. The molecule has 112 valence electrons. The molecule has 0 spiro atoms. The SMILES string of the molecule is Cc1ccc(CNCc2cccnc2OC(C)C)cc1Cl. The minimum absolute atomic E-state index is 0.120. The third-order valence-electron chi connectivity index (χ3n) is 3.08. The Hall–Kier alpha value is -1.58. The predicted molar refractivity (Wildman–Crippen MR) is 86.7 cm³/mol. The van der Waals surface area contributed by atoms with Gasteiger partial charge in [-0.25, -0.2) is 4.98 Å². The molecule has 4 heteroatoms. The Bertz CT molecular complexity index is 599. The number of ether oxygens (including phenoxy) is 1.